The van der Waals surface area contributed by atoms with Crippen LogP contribution >= 0.6 is 24.4 Å². The Bertz CT molecular complexity index is 4010. The molecule has 11 rings (SSSR count). The van der Waals surface area contributed by atoms with Crippen molar-refractivity contribution < 1.29 is 52.7 Å². The molecule has 538 valence electrons. The highest BCUT2D eigenvalue weighted by Gasteiger charge is 2.42. The number of likely N-dealkylation sites (N-methyl/N-ethyl adjacent to an activating group) is 2. The van der Waals surface area contributed by atoms with Crippen molar-refractivity contribution in [1.29, 1.82) is 0 Å². The number of fused-ring (bicyclic) bond motifs is 2. The van der Waals surface area contributed by atoms with E-state index in [0.717, 1.165) is 33.6 Å². The molecule has 0 aliphatic carbocycles. The van der Waals surface area contributed by atoms with Gasteiger partial charge in [0.25, 0.3) is 23.6 Å². The summed E-state index contributed by atoms with van der Waals surface area (Å²) in [5.41, 5.74) is 6.68. The number of amides is 10. The molecule has 21 nitrogen and oxygen atoms in total. The summed E-state index contributed by atoms with van der Waals surface area (Å²) < 4.78 is 5.32. The summed E-state index contributed by atoms with van der Waals surface area (Å²) in [5.74, 6) is -1.73. The average molecular weight is 1430 g/mol. The molecule has 7 aromatic rings. The van der Waals surface area contributed by atoms with Crippen LogP contribution in [0.5, 0.6) is 5.75 Å². The normalized spacial score (nSPS) is 17.4. The average Bonchev–Trinajstić information content (AvgIpc) is 1.23. The maximum absolute atomic E-state index is 14.6. The molecule has 4 unspecified atom stereocenters. The number of rotatable bonds is 30. The Labute approximate surface area is 611 Å². The molecule has 0 aromatic heterocycles. The summed E-state index contributed by atoms with van der Waals surface area (Å²) in [4.78, 5) is 144. The number of unbranched alkanes of at least 4 members (excludes halogenated alkanes) is 2. The molecule has 103 heavy (non-hydrogen) atoms. The minimum atomic E-state index is -0.904. The van der Waals surface area contributed by atoms with Crippen LogP contribution in [-0.2, 0) is 60.5 Å². The van der Waals surface area contributed by atoms with Gasteiger partial charge >= 0.3 is 0 Å². The predicted octanol–water partition coefficient (Wildman–Crippen LogP) is 7.89. The minimum Gasteiger partial charge on any atom is -0.497 e. The molecule has 4 N–H and O–H groups in total. The fourth-order valence-corrected chi connectivity index (χ4v) is 14.8. The first-order chi connectivity index (χ1) is 50.0. The lowest BCUT2D eigenvalue weighted by Gasteiger charge is -2.32. The molecule has 0 radical (unpaired) electrons. The lowest BCUT2D eigenvalue weighted by Crippen LogP contribution is -2.57. The van der Waals surface area contributed by atoms with Crippen LogP contribution in [0.4, 0.5) is 0 Å². The molecule has 0 bridgehead atoms. The third-order valence-electron chi connectivity index (χ3n) is 19.1. The SMILES string of the molecule is CNC(=O)[C@H](Cc1ccccc1)N1CCN(Cc2ccccc2)CC(NC(=O)C(CCCCN2C(=O)c3ccccc3C2=O)SCc2ccc(OC)cc2)C1=O.CNC(=O)[C@H](Cc1ccccc1)N1CCN(Cc2ccccc2)CC(NC(=O)C(S)CCCCN2C(=O)c3ccccc3C2=O)C1=O. The van der Waals surface area contributed by atoms with Crippen LogP contribution in [0.2, 0.25) is 0 Å². The Kier molecular flexibility index (Phi) is 27.4. The zero-order chi connectivity index (χ0) is 72.8. The Balaban J connectivity index is 0.000000225. The quantitative estimate of drug-likeness (QED) is 0.0163. The van der Waals surface area contributed by atoms with E-state index >= 15 is 0 Å². The molecular formula is C80H90N10O11S2. The third-order valence-corrected chi connectivity index (χ3v) is 20.9. The van der Waals surface area contributed by atoms with E-state index in [1.165, 1.54) is 21.6 Å². The van der Waals surface area contributed by atoms with Crippen LogP contribution < -0.4 is 26.0 Å². The van der Waals surface area contributed by atoms with Gasteiger partial charge in [0.1, 0.15) is 29.9 Å². The minimum absolute atomic E-state index is 0.247. The molecule has 23 heteroatoms. The number of carbonyl (C=O) groups excluding carboxylic acids is 10. The summed E-state index contributed by atoms with van der Waals surface area (Å²) in [6.45, 7) is 3.89. The van der Waals surface area contributed by atoms with Crippen LogP contribution in [0.15, 0.2) is 194 Å². The van der Waals surface area contributed by atoms with Gasteiger partial charge in [0.2, 0.25) is 35.4 Å². The van der Waals surface area contributed by atoms with E-state index in [1.807, 2.05) is 146 Å². The Morgan fingerprint density at radius 3 is 1.20 bits per heavy atom. The van der Waals surface area contributed by atoms with Crippen LogP contribution in [0.25, 0.3) is 0 Å². The first-order valence-electron chi connectivity index (χ1n) is 35.1. The zero-order valence-electron chi connectivity index (χ0n) is 58.4. The van der Waals surface area contributed by atoms with Crippen molar-refractivity contribution in [3.05, 3.63) is 244 Å². The monoisotopic (exact) mass is 1430 g/mol. The van der Waals surface area contributed by atoms with Gasteiger partial charge in [-0.25, -0.2) is 0 Å². The maximum atomic E-state index is 14.6. The van der Waals surface area contributed by atoms with Crippen molar-refractivity contribution in [2.45, 2.75) is 105 Å². The summed E-state index contributed by atoms with van der Waals surface area (Å²) in [5, 5.41) is 10.3. The van der Waals surface area contributed by atoms with Gasteiger partial charge in [0, 0.05) is 98.1 Å². The van der Waals surface area contributed by atoms with Crippen molar-refractivity contribution >= 4 is 83.5 Å². The topological polar surface area (TPSA) is 247 Å². The highest BCUT2D eigenvalue weighted by atomic mass is 32.2. The number of methoxy groups -OCH3 is 1. The van der Waals surface area contributed by atoms with Crippen LogP contribution in [0.3, 0.4) is 0 Å². The number of hydrogen-bond acceptors (Lipinski definition) is 15. The molecule has 0 spiro atoms. The molecule has 0 saturated carbocycles. The van der Waals surface area contributed by atoms with Crippen LogP contribution in [0.1, 0.15) is 108 Å². The van der Waals surface area contributed by atoms with Gasteiger partial charge in [-0.1, -0.05) is 171 Å². The second-order valence-corrected chi connectivity index (χ2v) is 27.9. The highest BCUT2D eigenvalue weighted by molar-refractivity contribution is 7.99. The van der Waals surface area contributed by atoms with Gasteiger partial charge in [-0.3, -0.25) is 67.5 Å². The predicted molar refractivity (Wildman–Crippen MR) is 399 cm³/mol. The number of benzene rings is 7. The van der Waals surface area contributed by atoms with Crippen molar-refractivity contribution in [3.63, 3.8) is 0 Å². The van der Waals surface area contributed by atoms with E-state index in [4.69, 9.17) is 4.74 Å². The van der Waals surface area contributed by atoms with E-state index in [9.17, 15) is 47.9 Å². The van der Waals surface area contributed by atoms with Crippen molar-refractivity contribution in [2.24, 2.45) is 0 Å². The van der Waals surface area contributed by atoms with E-state index < -0.39 is 34.7 Å². The summed E-state index contributed by atoms with van der Waals surface area (Å²) in [6, 6.07) is 57.1. The number of hydrogen-bond donors (Lipinski definition) is 5. The van der Waals surface area contributed by atoms with Crippen LogP contribution in [0, 0.1) is 0 Å². The molecule has 10 amide bonds. The Morgan fingerprint density at radius 2 is 0.816 bits per heavy atom. The zero-order valence-corrected chi connectivity index (χ0v) is 60.1. The van der Waals surface area contributed by atoms with Crippen molar-refractivity contribution in [3.8, 4) is 5.75 Å². The molecular weight excluding hydrogens is 1340 g/mol. The lowest BCUT2D eigenvalue weighted by molar-refractivity contribution is -0.142. The highest BCUT2D eigenvalue weighted by Crippen LogP contribution is 2.29. The molecule has 2 saturated heterocycles. The van der Waals surface area contributed by atoms with Gasteiger partial charge in [-0.2, -0.15) is 12.6 Å². The fraction of sp³-hybridized carbons (Fsp3) is 0.350. The number of thiol groups is 1. The summed E-state index contributed by atoms with van der Waals surface area (Å²) >= 11 is 6.04. The van der Waals surface area contributed by atoms with Crippen LogP contribution in [-0.4, -0.2) is 197 Å². The number of nitrogens with zero attached hydrogens (tertiary/aromatic N) is 6. The van der Waals surface area contributed by atoms with E-state index in [0.29, 0.717) is 119 Å². The third kappa shape index (κ3) is 20.0. The summed E-state index contributed by atoms with van der Waals surface area (Å²) in [6.07, 6.45) is 3.69. The van der Waals surface area contributed by atoms with Gasteiger partial charge in [-0.05, 0) is 89.9 Å². The molecule has 6 atom stereocenters. The largest absolute Gasteiger partial charge is 0.497 e. The number of nitrogens with one attached hydrogen (secondary N) is 4. The summed E-state index contributed by atoms with van der Waals surface area (Å²) in [7, 11) is 4.74. The molecule has 2 fully saturated rings. The first-order valence-corrected chi connectivity index (χ1v) is 36.7. The van der Waals surface area contributed by atoms with E-state index in [2.05, 4.69) is 43.7 Å². The number of ether oxygens (including phenoxy) is 1. The number of thioether (sulfide) groups is 1. The molecule has 4 heterocycles. The van der Waals surface area contributed by atoms with E-state index in [1.54, 1.807) is 79.5 Å². The standard InChI is InChI=1S/C44H49N5O6S.C36H41N5O5S/c1-45-40(50)38(27-31-13-5-3-6-14-31)48-26-25-47(28-32-15-7-4-8-16-32)29-37(44(48)54)46-41(51)39(56-30-33-20-22-34(55-2)23-21-33)19-11-12-24-49-42(52)35-17-9-10-18-36(35)43(49)53;1-37-32(42)30(22-25-12-4-2-5-13-25)40-21-20-39(23-26-14-6-3-7-15-26)24-29(36(40)46)38-33(43)31(47)18-10-11-19-41-34(44)27-16-8-9-17-28(27)35(41)45/h3-10,13-18,20-23,37-39H,11-12,19,24-30H2,1-2H3,(H,45,50)(H,46,51);2-9,12-17,29-31,47H,10-11,18-24H2,1H3,(H,37,42)(H,38,43)/t37?,38-,39?;29?,30-,31?/m00/s1. The molecule has 4 aliphatic rings. The Morgan fingerprint density at radius 1 is 0.447 bits per heavy atom. The molecule has 4 aliphatic heterocycles. The molecule has 7 aromatic carbocycles. The second-order valence-electron chi connectivity index (χ2n) is 26.0. The maximum Gasteiger partial charge on any atom is 0.261 e. The van der Waals surface area contributed by atoms with Crippen molar-refractivity contribution in [2.75, 3.05) is 73.6 Å². The Hall–Kier alpha value is -9.94. The van der Waals surface area contributed by atoms with E-state index in [-0.39, 0.29) is 85.3 Å². The van der Waals surface area contributed by atoms with Gasteiger partial charge in [0.05, 0.1) is 39.9 Å². The first kappa shape index (κ1) is 75.7. The lowest BCUT2D eigenvalue weighted by atomic mass is 10.0. The van der Waals surface area contributed by atoms with Gasteiger partial charge in [0.15, 0.2) is 0 Å². The second kappa shape index (κ2) is 37.3. The fourth-order valence-electron chi connectivity index (χ4n) is 13.4. The van der Waals surface area contributed by atoms with Gasteiger partial charge in [-0.15, -0.1) is 11.8 Å². The number of carbonyl (C=O) groups is 10. The smallest absolute Gasteiger partial charge is 0.261 e. The number of imide groups is 2. The van der Waals surface area contributed by atoms with Crippen molar-refractivity contribution in [1.82, 2.24) is 50.7 Å². The van der Waals surface area contributed by atoms with Gasteiger partial charge < -0.3 is 35.8 Å².